The van der Waals surface area contributed by atoms with E-state index in [0.29, 0.717) is 4.90 Å². The topological polar surface area (TPSA) is 34.1 Å². The van der Waals surface area contributed by atoms with Gasteiger partial charge >= 0.3 is 0 Å². The monoisotopic (exact) mass is 262 g/mol. The minimum atomic E-state index is -3.17. The minimum absolute atomic E-state index is 0.323. The second kappa shape index (κ2) is 4.36. The van der Waals surface area contributed by atoms with E-state index in [1.807, 2.05) is 17.5 Å². The van der Waals surface area contributed by atoms with Gasteiger partial charge in [0, 0.05) is 6.26 Å². The summed E-state index contributed by atoms with van der Waals surface area (Å²) in [7, 11) is -3.17. The quantitative estimate of drug-likeness (QED) is 0.780. The summed E-state index contributed by atoms with van der Waals surface area (Å²) in [5.74, 6) is 2.56. The molecule has 0 N–H and O–H groups in total. The van der Waals surface area contributed by atoms with Crippen LogP contribution in [0.25, 0.3) is 11.1 Å². The van der Waals surface area contributed by atoms with Gasteiger partial charge in [-0.3, -0.25) is 0 Å². The number of rotatable bonds is 2. The van der Waals surface area contributed by atoms with E-state index in [-0.39, 0.29) is 0 Å². The Balaban J connectivity index is 2.51. The third kappa shape index (κ3) is 2.57. The number of hydrogen-bond donors (Lipinski definition) is 0. The van der Waals surface area contributed by atoms with Crippen molar-refractivity contribution in [3.8, 4) is 23.5 Å². The molecule has 1 heterocycles. The molecule has 0 radical (unpaired) electrons. The first kappa shape index (κ1) is 11.9. The normalized spacial score (nSPS) is 11.1. The van der Waals surface area contributed by atoms with Crippen LogP contribution in [0.15, 0.2) is 40.6 Å². The highest BCUT2D eigenvalue weighted by Gasteiger charge is 2.08. The van der Waals surface area contributed by atoms with Crippen molar-refractivity contribution in [1.82, 2.24) is 0 Å². The molecule has 17 heavy (non-hydrogen) atoms. The molecule has 0 atom stereocenters. The van der Waals surface area contributed by atoms with Crippen molar-refractivity contribution >= 4 is 21.2 Å². The highest BCUT2D eigenvalue weighted by molar-refractivity contribution is 7.90. The van der Waals surface area contributed by atoms with Crippen molar-refractivity contribution in [2.24, 2.45) is 0 Å². The molecular weight excluding hydrogens is 252 g/mol. The van der Waals surface area contributed by atoms with Crippen LogP contribution in [0.3, 0.4) is 0 Å². The molecule has 1 aromatic carbocycles. The molecule has 2 rings (SSSR count). The lowest BCUT2D eigenvalue weighted by Gasteiger charge is -2.01. The number of hydrogen-bond acceptors (Lipinski definition) is 3. The van der Waals surface area contributed by atoms with E-state index in [4.69, 9.17) is 6.42 Å². The van der Waals surface area contributed by atoms with E-state index in [0.717, 1.165) is 16.0 Å². The summed E-state index contributed by atoms with van der Waals surface area (Å²) in [5.41, 5.74) is 1.82. The summed E-state index contributed by atoms with van der Waals surface area (Å²) >= 11 is 1.47. The van der Waals surface area contributed by atoms with Gasteiger partial charge in [0.15, 0.2) is 9.84 Å². The highest BCUT2D eigenvalue weighted by atomic mass is 32.2. The van der Waals surface area contributed by atoms with Gasteiger partial charge in [-0.2, -0.15) is 0 Å². The maximum Gasteiger partial charge on any atom is 0.175 e. The number of sulfone groups is 1. The number of benzene rings is 1. The Morgan fingerprint density at radius 2 is 2.00 bits per heavy atom. The van der Waals surface area contributed by atoms with E-state index < -0.39 is 9.84 Å². The molecule has 1 aromatic heterocycles. The summed E-state index contributed by atoms with van der Waals surface area (Å²) in [5, 5.41) is 1.93. The fraction of sp³-hybridized carbons (Fsp3) is 0.0769. The summed E-state index contributed by atoms with van der Waals surface area (Å²) in [6, 6.07) is 8.74. The molecule has 0 fully saturated rings. The molecule has 2 aromatic rings. The van der Waals surface area contributed by atoms with E-state index in [9.17, 15) is 8.42 Å². The van der Waals surface area contributed by atoms with E-state index in [1.165, 1.54) is 17.6 Å². The SMILES string of the molecule is C#Cc1cc(-c2cccc(S(C)(=O)=O)c2)cs1. The van der Waals surface area contributed by atoms with E-state index in [2.05, 4.69) is 5.92 Å². The van der Waals surface area contributed by atoms with Crippen molar-refractivity contribution < 1.29 is 8.42 Å². The highest BCUT2D eigenvalue weighted by Crippen LogP contribution is 2.26. The minimum Gasteiger partial charge on any atom is -0.224 e. The van der Waals surface area contributed by atoms with Crippen LogP contribution in [-0.2, 0) is 9.84 Å². The largest absolute Gasteiger partial charge is 0.224 e. The fourth-order valence-electron chi connectivity index (χ4n) is 1.47. The lowest BCUT2D eigenvalue weighted by atomic mass is 10.1. The van der Waals surface area contributed by atoms with Gasteiger partial charge in [0.2, 0.25) is 0 Å². The van der Waals surface area contributed by atoms with Gasteiger partial charge in [-0.1, -0.05) is 18.1 Å². The molecule has 0 spiro atoms. The van der Waals surface area contributed by atoms with Gasteiger partial charge in [-0.05, 0) is 34.7 Å². The van der Waals surface area contributed by atoms with Crippen LogP contribution in [0.5, 0.6) is 0 Å². The van der Waals surface area contributed by atoms with Crippen molar-refractivity contribution in [1.29, 1.82) is 0 Å². The van der Waals surface area contributed by atoms with Crippen LogP contribution in [0.1, 0.15) is 4.88 Å². The van der Waals surface area contributed by atoms with Gasteiger partial charge in [-0.25, -0.2) is 8.42 Å². The fourth-order valence-corrected chi connectivity index (χ4v) is 2.86. The molecule has 2 nitrogen and oxygen atoms in total. The van der Waals surface area contributed by atoms with E-state index in [1.54, 1.807) is 18.2 Å². The maximum absolute atomic E-state index is 11.4. The average Bonchev–Trinajstić information content (AvgIpc) is 2.76. The second-order valence-electron chi connectivity index (χ2n) is 3.64. The van der Waals surface area contributed by atoms with Gasteiger partial charge in [-0.15, -0.1) is 17.8 Å². The Hall–Kier alpha value is -1.57. The Kier molecular flexibility index (Phi) is 3.05. The van der Waals surface area contributed by atoms with Gasteiger partial charge in [0.1, 0.15) is 0 Å². The molecule has 0 saturated carbocycles. The first-order valence-corrected chi connectivity index (χ1v) is 7.63. The Morgan fingerprint density at radius 1 is 1.24 bits per heavy atom. The summed E-state index contributed by atoms with van der Waals surface area (Å²) in [6.07, 6.45) is 6.51. The summed E-state index contributed by atoms with van der Waals surface area (Å²) in [4.78, 5) is 1.16. The Morgan fingerprint density at radius 3 is 2.59 bits per heavy atom. The molecule has 0 aliphatic heterocycles. The van der Waals surface area contributed by atoms with Gasteiger partial charge in [0.25, 0.3) is 0 Å². The molecule has 0 aliphatic carbocycles. The molecule has 0 amide bonds. The molecule has 0 unspecified atom stereocenters. The van der Waals surface area contributed by atoms with Crippen LogP contribution in [0, 0.1) is 12.3 Å². The van der Waals surface area contributed by atoms with Crippen molar-refractivity contribution in [2.45, 2.75) is 4.90 Å². The van der Waals surface area contributed by atoms with Gasteiger partial charge < -0.3 is 0 Å². The maximum atomic E-state index is 11.4. The smallest absolute Gasteiger partial charge is 0.175 e. The second-order valence-corrected chi connectivity index (χ2v) is 6.57. The zero-order valence-electron chi connectivity index (χ0n) is 9.17. The average molecular weight is 262 g/mol. The predicted octanol–water partition coefficient (Wildman–Crippen LogP) is 2.80. The van der Waals surface area contributed by atoms with Crippen LogP contribution < -0.4 is 0 Å². The summed E-state index contributed by atoms with van der Waals surface area (Å²) in [6.45, 7) is 0. The zero-order valence-corrected chi connectivity index (χ0v) is 10.8. The van der Waals surface area contributed by atoms with Crippen LogP contribution in [-0.4, -0.2) is 14.7 Å². The van der Waals surface area contributed by atoms with Gasteiger partial charge in [0.05, 0.1) is 9.77 Å². The lowest BCUT2D eigenvalue weighted by Crippen LogP contribution is -1.96. The molecule has 86 valence electrons. The Labute approximate surface area is 105 Å². The first-order chi connectivity index (χ1) is 8.00. The van der Waals surface area contributed by atoms with Crippen LogP contribution >= 0.6 is 11.3 Å². The van der Waals surface area contributed by atoms with Crippen molar-refractivity contribution in [3.63, 3.8) is 0 Å². The van der Waals surface area contributed by atoms with Crippen LogP contribution in [0.2, 0.25) is 0 Å². The van der Waals surface area contributed by atoms with Crippen molar-refractivity contribution in [3.05, 3.63) is 40.6 Å². The van der Waals surface area contributed by atoms with E-state index >= 15 is 0 Å². The summed E-state index contributed by atoms with van der Waals surface area (Å²) < 4.78 is 22.9. The standard InChI is InChI=1S/C13H10O2S2/c1-3-12-7-11(9-16-12)10-5-4-6-13(8-10)17(2,14)15/h1,4-9H,2H3. The zero-order chi connectivity index (χ0) is 12.5. The molecule has 0 saturated heterocycles. The number of thiophene rings is 1. The molecule has 0 aliphatic rings. The first-order valence-electron chi connectivity index (χ1n) is 4.86. The molecule has 0 bridgehead atoms. The lowest BCUT2D eigenvalue weighted by molar-refractivity contribution is 0.602. The molecular formula is C13H10O2S2. The predicted molar refractivity (Wildman–Crippen MR) is 70.8 cm³/mol. The van der Waals surface area contributed by atoms with Crippen molar-refractivity contribution in [2.75, 3.05) is 6.26 Å². The third-order valence-electron chi connectivity index (χ3n) is 2.34. The Bertz CT molecular complexity index is 688. The van der Waals surface area contributed by atoms with Crippen LogP contribution in [0.4, 0.5) is 0 Å². The molecule has 4 heteroatoms. The third-order valence-corrected chi connectivity index (χ3v) is 4.31. The number of terminal acetylenes is 1.